The minimum absolute atomic E-state index is 0.527. The van der Waals surface area contributed by atoms with E-state index in [-0.39, 0.29) is 0 Å². The first-order valence-electron chi connectivity index (χ1n) is 4.17. The van der Waals surface area contributed by atoms with Crippen LogP contribution < -0.4 is 0 Å². The van der Waals surface area contributed by atoms with Crippen LogP contribution in [-0.4, -0.2) is 13.2 Å². The monoisotopic (exact) mass is 142 g/mol. The Kier molecular flexibility index (Phi) is 2.35. The Hall–Kier alpha value is -0.0400. The summed E-state index contributed by atoms with van der Waals surface area (Å²) in [6.45, 7) is 4.66. The van der Waals surface area contributed by atoms with Crippen LogP contribution in [0.4, 0.5) is 0 Å². The van der Waals surface area contributed by atoms with Gasteiger partial charge < -0.3 is 4.74 Å². The fraction of sp³-hybridized carbons (Fsp3) is 1.00. The lowest BCUT2D eigenvalue weighted by atomic mass is 9.76. The molecule has 1 saturated carbocycles. The molecule has 1 rings (SSSR count). The van der Waals surface area contributed by atoms with Gasteiger partial charge >= 0.3 is 0 Å². The predicted molar refractivity (Wildman–Crippen MR) is 43.0 cm³/mol. The number of ether oxygens (including phenoxy) is 1. The molecule has 0 aromatic heterocycles. The second-order valence-corrected chi connectivity index (χ2v) is 4.12. The van der Waals surface area contributed by atoms with Crippen molar-refractivity contribution in [1.82, 2.24) is 0 Å². The lowest BCUT2D eigenvalue weighted by molar-refractivity contribution is 0.0260. The SMILES string of the molecule is CO[C@H]1CCCC(C)(C)C1. The number of rotatable bonds is 1. The van der Waals surface area contributed by atoms with Gasteiger partial charge in [0, 0.05) is 7.11 Å². The first-order valence-corrected chi connectivity index (χ1v) is 4.17. The predicted octanol–water partition coefficient (Wildman–Crippen LogP) is 2.60. The molecule has 1 atom stereocenters. The molecule has 60 valence electrons. The summed E-state index contributed by atoms with van der Waals surface area (Å²) in [6.07, 6.45) is 5.74. The van der Waals surface area contributed by atoms with E-state index in [9.17, 15) is 0 Å². The van der Waals surface area contributed by atoms with E-state index in [0.717, 1.165) is 0 Å². The van der Waals surface area contributed by atoms with E-state index in [2.05, 4.69) is 13.8 Å². The van der Waals surface area contributed by atoms with Crippen molar-refractivity contribution in [1.29, 1.82) is 0 Å². The van der Waals surface area contributed by atoms with Crippen LogP contribution in [0.25, 0.3) is 0 Å². The Morgan fingerprint density at radius 2 is 2.10 bits per heavy atom. The molecule has 0 aromatic rings. The summed E-state index contributed by atoms with van der Waals surface area (Å²) in [5.74, 6) is 0. The second-order valence-electron chi connectivity index (χ2n) is 4.12. The van der Waals surface area contributed by atoms with Crippen molar-refractivity contribution in [3.05, 3.63) is 0 Å². The summed E-state index contributed by atoms with van der Waals surface area (Å²) in [5.41, 5.74) is 0.527. The van der Waals surface area contributed by atoms with E-state index in [1.807, 2.05) is 7.11 Å². The average Bonchev–Trinajstić information content (AvgIpc) is 1.86. The molecule has 1 aliphatic rings. The van der Waals surface area contributed by atoms with Gasteiger partial charge in [0.2, 0.25) is 0 Å². The highest BCUT2D eigenvalue weighted by molar-refractivity contribution is 4.79. The van der Waals surface area contributed by atoms with Gasteiger partial charge in [0.05, 0.1) is 6.10 Å². The summed E-state index contributed by atoms with van der Waals surface area (Å²) in [6, 6.07) is 0. The minimum atomic E-state index is 0.527. The van der Waals surface area contributed by atoms with Gasteiger partial charge in [-0.2, -0.15) is 0 Å². The quantitative estimate of drug-likeness (QED) is 0.547. The van der Waals surface area contributed by atoms with Crippen molar-refractivity contribution in [3.8, 4) is 0 Å². The molecule has 1 fully saturated rings. The highest BCUT2D eigenvalue weighted by atomic mass is 16.5. The third-order valence-electron chi connectivity index (χ3n) is 2.49. The topological polar surface area (TPSA) is 9.23 Å². The highest BCUT2D eigenvalue weighted by Gasteiger charge is 2.27. The summed E-state index contributed by atoms with van der Waals surface area (Å²) in [5, 5.41) is 0. The van der Waals surface area contributed by atoms with Crippen LogP contribution in [0.15, 0.2) is 0 Å². The Morgan fingerprint density at radius 1 is 1.40 bits per heavy atom. The van der Waals surface area contributed by atoms with Gasteiger partial charge in [-0.3, -0.25) is 0 Å². The van der Waals surface area contributed by atoms with E-state index in [0.29, 0.717) is 11.5 Å². The smallest absolute Gasteiger partial charge is 0.0576 e. The molecule has 0 aromatic carbocycles. The van der Waals surface area contributed by atoms with Crippen molar-refractivity contribution in [2.75, 3.05) is 7.11 Å². The third-order valence-corrected chi connectivity index (χ3v) is 2.49. The van der Waals surface area contributed by atoms with Gasteiger partial charge in [0.25, 0.3) is 0 Å². The summed E-state index contributed by atoms with van der Waals surface area (Å²) < 4.78 is 5.33. The zero-order valence-corrected chi connectivity index (χ0v) is 7.31. The molecule has 1 heteroatoms. The Balaban J connectivity index is 2.40. The number of hydrogen-bond acceptors (Lipinski definition) is 1. The molecule has 0 spiro atoms. The summed E-state index contributed by atoms with van der Waals surface area (Å²) >= 11 is 0. The lowest BCUT2D eigenvalue weighted by Crippen LogP contribution is -2.27. The Morgan fingerprint density at radius 3 is 2.50 bits per heavy atom. The molecule has 0 saturated heterocycles. The van der Waals surface area contributed by atoms with Gasteiger partial charge in [-0.1, -0.05) is 20.3 Å². The molecule has 0 amide bonds. The number of hydrogen-bond donors (Lipinski definition) is 0. The van der Waals surface area contributed by atoms with Crippen LogP contribution in [-0.2, 0) is 4.74 Å². The largest absolute Gasteiger partial charge is 0.381 e. The van der Waals surface area contributed by atoms with Crippen LogP contribution >= 0.6 is 0 Å². The molecule has 0 heterocycles. The Labute approximate surface area is 63.8 Å². The van der Waals surface area contributed by atoms with Gasteiger partial charge in [-0.15, -0.1) is 0 Å². The normalized spacial score (nSPS) is 32.1. The fourth-order valence-electron chi connectivity index (χ4n) is 1.83. The Bertz CT molecular complexity index is 107. The van der Waals surface area contributed by atoms with Crippen molar-refractivity contribution in [3.63, 3.8) is 0 Å². The molecule has 0 N–H and O–H groups in total. The van der Waals surface area contributed by atoms with Crippen LogP contribution in [0, 0.1) is 5.41 Å². The molecular weight excluding hydrogens is 124 g/mol. The standard InChI is InChI=1S/C9H18O/c1-9(2)6-4-5-8(7-9)10-3/h8H,4-7H2,1-3H3/t8-/m0/s1. The molecular formula is C9H18O. The van der Waals surface area contributed by atoms with Gasteiger partial charge in [-0.05, 0) is 24.7 Å². The average molecular weight is 142 g/mol. The maximum atomic E-state index is 5.33. The third kappa shape index (κ3) is 1.98. The molecule has 0 bridgehead atoms. The molecule has 10 heavy (non-hydrogen) atoms. The van der Waals surface area contributed by atoms with E-state index in [4.69, 9.17) is 4.74 Å². The summed E-state index contributed by atoms with van der Waals surface area (Å²) in [4.78, 5) is 0. The molecule has 0 aliphatic heterocycles. The summed E-state index contributed by atoms with van der Waals surface area (Å²) in [7, 11) is 1.83. The van der Waals surface area contributed by atoms with Crippen LogP contribution in [0.5, 0.6) is 0 Å². The minimum Gasteiger partial charge on any atom is -0.381 e. The zero-order valence-electron chi connectivity index (χ0n) is 7.31. The van der Waals surface area contributed by atoms with Crippen LogP contribution in [0.1, 0.15) is 39.5 Å². The maximum absolute atomic E-state index is 5.33. The van der Waals surface area contributed by atoms with Gasteiger partial charge in [-0.25, -0.2) is 0 Å². The van der Waals surface area contributed by atoms with Crippen LogP contribution in [0.2, 0.25) is 0 Å². The van der Waals surface area contributed by atoms with E-state index in [1.54, 1.807) is 0 Å². The van der Waals surface area contributed by atoms with Crippen molar-refractivity contribution in [2.45, 2.75) is 45.6 Å². The molecule has 0 unspecified atom stereocenters. The van der Waals surface area contributed by atoms with Crippen LogP contribution in [0.3, 0.4) is 0 Å². The highest BCUT2D eigenvalue weighted by Crippen LogP contribution is 2.35. The van der Waals surface area contributed by atoms with Crippen molar-refractivity contribution in [2.24, 2.45) is 5.41 Å². The first kappa shape index (κ1) is 8.06. The maximum Gasteiger partial charge on any atom is 0.0576 e. The van der Waals surface area contributed by atoms with Gasteiger partial charge in [0.15, 0.2) is 0 Å². The van der Waals surface area contributed by atoms with Crippen molar-refractivity contribution >= 4 is 0 Å². The lowest BCUT2D eigenvalue weighted by Gasteiger charge is -2.34. The van der Waals surface area contributed by atoms with Crippen molar-refractivity contribution < 1.29 is 4.74 Å². The fourth-order valence-corrected chi connectivity index (χ4v) is 1.83. The van der Waals surface area contributed by atoms with E-state index >= 15 is 0 Å². The number of methoxy groups -OCH3 is 1. The van der Waals surface area contributed by atoms with Gasteiger partial charge in [0.1, 0.15) is 0 Å². The second kappa shape index (κ2) is 2.91. The first-order chi connectivity index (χ1) is 4.64. The molecule has 1 nitrogen and oxygen atoms in total. The molecule has 1 aliphatic carbocycles. The zero-order chi connectivity index (χ0) is 7.61. The molecule has 0 radical (unpaired) electrons. The van der Waals surface area contributed by atoms with E-state index < -0.39 is 0 Å². The van der Waals surface area contributed by atoms with E-state index in [1.165, 1.54) is 25.7 Å².